The molecule has 2 atom stereocenters. The zero-order valence-electron chi connectivity index (χ0n) is 10.9. The molecule has 5 nitrogen and oxygen atoms in total. The van der Waals surface area contributed by atoms with Crippen molar-refractivity contribution in [3.8, 4) is 0 Å². The van der Waals surface area contributed by atoms with Gasteiger partial charge in [0.1, 0.15) is 5.82 Å². The molecular formula is C14H18N2O3. The lowest BCUT2D eigenvalue weighted by Gasteiger charge is -2.27. The number of nitrogens with zero attached hydrogens (tertiary/aromatic N) is 1. The van der Waals surface area contributed by atoms with Crippen LogP contribution in [0.5, 0.6) is 0 Å². The van der Waals surface area contributed by atoms with E-state index in [2.05, 4.69) is 10.3 Å². The maximum Gasteiger partial charge on any atom is 0.307 e. The van der Waals surface area contributed by atoms with Crippen LogP contribution in [0, 0.1) is 18.8 Å². The van der Waals surface area contributed by atoms with Gasteiger partial charge in [-0.05, 0) is 31.4 Å². The van der Waals surface area contributed by atoms with Crippen molar-refractivity contribution < 1.29 is 14.7 Å². The zero-order valence-corrected chi connectivity index (χ0v) is 10.9. The number of hydrogen-bond acceptors (Lipinski definition) is 3. The Hall–Kier alpha value is -1.91. The molecule has 102 valence electrons. The molecule has 2 unspecified atom stereocenters. The molecule has 0 saturated heterocycles. The van der Waals surface area contributed by atoms with Gasteiger partial charge in [-0.15, -0.1) is 0 Å². The van der Waals surface area contributed by atoms with Crippen LogP contribution in [-0.2, 0) is 9.59 Å². The number of rotatable bonds is 3. The monoisotopic (exact) mass is 262 g/mol. The van der Waals surface area contributed by atoms with Crippen molar-refractivity contribution in [1.29, 1.82) is 0 Å². The maximum absolute atomic E-state index is 12.2. The number of amides is 1. The van der Waals surface area contributed by atoms with Crippen molar-refractivity contribution in [3.05, 3.63) is 23.9 Å². The van der Waals surface area contributed by atoms with Gasteiger partial charge in [0.2, 0.25) is 5.91 Å². The summed E-state index contributed by atoms with van der Waals surface area (Å²) in [6.07, 6.45) is 4.61. The molecule has 0 bridgehead atoms. The number of nitrogens with one attached hydrogen (secondary N) is 1. The second kappa shape index (κ2) is 5.82. The Labute approximate surface area is 112 Å². The lowest BCUT2D eigenvalue weighted by Crippen LogP contribution is -2.36. The first-order chi connectivity index (χ1) is 9.09. The molecule has 1 fully saturated rings. The summed E-state index contributed by atoms with van der Waals surface area (Å²) in [5.74, 6) is -1.61. The zero-order chi connectivity index (χ0) is 13.8. The Balaban J connectivity index is 2.10. The van der Waals surface area contributed by atoms with Crippen molar-refractivity contribution in [2.45, 2.75) is 32.6 Å². The molecule has 2 N–H and O–H groups in total. The molecule has 19 heavy (non-hydrogen) atoms. The Morgan fingerprint density at radius 1 is 1.32 bits per heavy atom. The van der Waals surface area contributed by atoms with Gasteiger partial charge in [-0.3, -0.25) is 9.59 Å². The number of aromatic nitrogens is 1. The van der Waals surface area contributed by atoms with E-state index in [1.807, 2.05) is 13.0 Å². The van der Waals surface area contributed by atoms with E-state index in [4.69, 9.17) is 0 Å². The maximum atomic E-state index is 12.2. The number of carbonyl (C=O) groups is 2. The molecular weight excluding hydrogens is 244 g/mol. The van der Waals surface area contributed by atoms with Gasteiger partial charge in [0.25, 0.3) is 0 Å². The molecule has 1 aliphatic carbocycles. The highest BCUT2D eigenvalue weighted by atomic mass is 16.4. The highest BCUT2D eigenvalue weighted by Crippen LogP contribution is 2.31. The summed E-state index contributed by atoms with van der Waals surface area (Å²) in [5.41, 5.74) is 0.874. The second-order valence-electron chi connectivity index (χ2n) is 4.99. The number of carboxylic acid groups (broad SMARTS) is 1. The molecule has 0 aromatic carbocycles. The molecule has 5 heteroatoms. The molecule has 0 aliphatic heterocycles. The summed E-state index contributed by atoms with van der Waals surface area (Å²) in [6, 6.07) is 3.66. The second-order valence-corrected chi connectivity index (χ2v) is 4.99. The van der Waals surface area contributed by atoms with Gasteiger partial charge in [-0.25, -0.2) is 4.98 Å². The lowest BCUT2D eigenvalue weighted by molar-refractivity contribution is -0.147. The Kier molecular flexibility index (Phi) is 4.14. The molecule has 1 aliphatic rings. The fraction of sp³-hybridized carbons (Fsp3) is 0.500. The summed E-state index contributed by atoms with van der Waals surface area (Å²) in [6.45, 7) is 1.86. The third kappa shape index (κ3) is 3.10. The summed E-state index contributed by atoms with van der Waals surface area (Å²) in [4.78, 5) is 27.5. The van der Waals surface area contributed by atoms with E-state index >= 15 is 0 Å². The van der Waals surface area contributed by atoms with Gasteiger partial charge in [-0.1, -0.05) is 18.9 Å². The molecule has 1 aromatic rings. The van der Waals surface area contributed by atoms with Crippen LogP contribution < -0.4 is 5.32 Å². The molecule has 2 rings (SSSR count). The number of aliphatic carboxylic acids is 1. The van der Waals surface area contributed by atoms with Crippen molar-refractivity contribution in [3.63, 3.8) is 0 Å². The number of hydrogen-bond donors (Lipinski definition) is 2. The molecule has 1 saturated carbocycles. The number of anilines is 1. The number of carboxylic acids is 1. The van der Waals surface area contributed by atoms with Crippen LogP contribution in [0.25, 0.3) is 0 Å². The highest BCUT2D eigenvalue weighted by molar-refractivity contribution is 5.94. The number of pyridine rings is 1. The van der Waals surface area contributed by atoms with Crippen molar-refractivity contribution in [2.24, 2.45) is 11.8 Å². The summed E-state index contributed by atoms with van der Waals surface area (Å²) in [5, 5.41) is 11.9. The van der Waals surface area contributed by atoms with E-state index < -0.39 is 17.8 Å². The lowest BCUT2D eigenvalue weighted by atomic mass is 9.78. The fourth-order valence-corrected chi connectivity index (χ4v) is 2.57. The van der Waals surface area contributed by atoms with Crippen molar-refractivity contribution in [1.82, 2.24) is 4.98 Å². The van der Waals surface area contributed by atoms with Crippen LogP contribution in [-0.4, -0.2) is 22.0 Å². The predicted molar refractivity (Wildman–Crippen MR) is 70.7 cm³/mol. The van der Waals surface area contributed by atoms with E-state index in [1.165, 1.54) is 0 Å². The average Bonchev–Trinajstić information content (AvgIpc) is 2.41. The first kappa shape index (κ1) is 13.5. The SMILES string of the molecule is Cc1cccnc1NC(=O)C1CCCCC1C(=O)O. The van der Waals surface area contributed by atoms with Crippen molar-refractivity contribution >= 4 is 17.7 Å². The van der Waals surface area contributed by atoms with Gasteiger partial charge < -0.3 is 10.4 Å². The molecule has 1 amide bonds. The fourth-order valence-electron chi connectivity index (χ4n) is 2.57. The average molecular weight is 262 g/mol. The van der Waals surface area contributed by atoms with Crippen LogP contribution in [0.15, 0.2) is 18.3 Å². The quantitative estimate of drug-likeness (QED) is 0.875. The Bertz CT molecular complexity index is 487. The van der Waals surface area contributed by atoms with Gasteiger partial charge in [0.15, 0.2) is 0 Å². The standard InChI is InChI=1S/C14H18N2O3/c1-9-5-4-8-15-12(9)16-13(17)10-6-2-3-7-11(10)14(18)19/h4-5,8,10-11H,2-3,6-7H2,1H3,(H,18,19)(H,15,16,17). The van der Waals surface area contributed by atoms with Gasteiger partial charge in [-0.2, -0.15) is 0 Å². The van der Waals surface area contributed by atoms with E-state index in [0.29, 0.717) is 18.7 Å². The van der Waals surface area contributed by atoms with Crippen LogP contribution >= 0.6 is 0 Å². The third-order valence-corrected chi connectivity index (χ3v) is 3.67. The minimum absolute atomic E-state index is 0.228. The van der Waals surface area contributed by atoms with Crippen LogP contribution in [0.2, 0.25) is 0 Å². The normalized spacial score (nSPS) is 22.8. The molecule has 1 aromatic heterocycles. The van der Waals surface area contributed by atoms with Crippen LogP contribution in [0.3, 0.4) is 0 Å². The van der Waals surface area contributed by atoms with E-state index in [1.54, 1.807) is 12.3 Å². The number of aryl methyl sites for hydroxylation is 1. The largest absolute Gasteiger partial charge is 0.481 e. The summed E-state index contributed by atoms with van der Waals surface area (Å²) >= 11 is 0. The van der Waals surface area contributed by atoms with E-state index in [9.17, 15) is 14.7 Å². The van der Waals surface area contributed by atoms with Gasteiger partial charge in [0, 0.05) is 6.20 Å². The highest BCUT2D eigenvalue weighted by Gasteiger charge is 2.35. The smallest absolute Gasteiger partial charge is 0.307 e. The minimum atomic E-state index is -0.877. The van der Waals surface area contributed by atoms with E-state index in [0.717, 1.165) is 18.4 Å². The van der Waals surface area contributed by atoms with Gasteiger partial charge >= 0.3 is 5.97 Å². The first-order valence-electron chi connectivity index (χ1n) is 6.55. The third-order valence-electron chi connectivity index (χ3n) is 3.67. The van der Waals surface area contributed by atoms with Crippen molar-refractivity contribution in [2.75, 3.05) is 5.32 Å². The summed E-state index contributed by atoms with van der Waals surface area (Å²) in [7, 11) is 0. The molecule has 0 spiro atoms. The Morgan fingerprint density at radius 3 is 2.63 bits per heavy atom. The first-order valence-corrected chi connectivity index (χ1v) is 6.55. The predicted octanol–water partition coefficient (Wildman–Crippen LogP) is 2.22. The molecule has 0 radical (unpaired) electrons. The van der Waals surface area contributed by atoms with Crippen LogP contribution in [0.1, 0.15) is 31.2 Å². The summed E-state index contributed by atoms with van der Waals surface area (Å²) < 4.78 is 0. The number of carbonyl (C=O) groups excluding carboxylic acids is 1. The Morgan fingerprint density at radius 2 is 2.00 bits per heavy atom. The minimum Gasteiger partial charge on any atom is -0.481 e. The van der Waals surface area contributed by atoms with E-state index in [-0.39, 0.29) is 5.91 Å². The van der Waals surface area contributed by atoms with Gasteiger partial charge in [0.05, 0.1) is 11.8 Å². The van der Waals surface area contributed by atoms with Crippen LogP contribution in [0.4, 0.5) is 5.82 Å². The molecule has 1 heterocycles. The topological polar surface area (TPSA) is 79.3 Å².